The predicted octanol–water partition coefficient (Wildman–Crippen LogP) is 3.28. The van der Waals surface area contributed by atoms with Gasteiger partial charge in [0.1, 0.15) is 5.75 Å². The van der Waals surface area contributed by atoms with Gasteiger partial charge in [-0.25, -0.2) is 8.42 Å². The van der Waals surface area contributed by atoms with Gasteiger partial charge in [-0.2, -0.15) is 0 Å². The molecule has 6 nitrogen and oxygen atoms in total. The number of benzene rings is 2. The Bertz CT molecular complexity index is 919. The van der Waals surface area contributed by atoms with Gasteiger partial charge in [0.05, 0.1) is 18.0 Å². The first-order valence-electron chi connectivity index (χ1n) is 8.80. The highest BCUT2D eigenvalue weighted by atomic mass is 32.2. The Hall–Kier alpha value is -2.80. The highest BCUT2D eigenvalue weighted by molar-refractivity contribution is 7.93. The molecule has 7 heteroatoms. The molecule has 3 rings (SSSR count). The van der Waals surface area contributed by atoms with Gasteiger partial charge in [-0.05, 0) is 61.4 Å². The first-order valence-corrected chi connectivity index (χ1v) is 10.4. The molecule has 0 atom stereocenters. The number of amides is 1. The third-order valence-corrected chi connectivity index (χ3v) is 6.01. The van der Waals surface area contributed by atoms with Crippen LogP contribution in [0, 0.1) is 0 Å². The van der Waals surface area contributed by atoms with Gasteiger partial charge in [0.15, 0.2) is 0 Å². The van der Waals surface area contributed by atoms with Crippen LogP contribution in [-0.4, -0.2) is 33.2 Å². The van der Waals surface area contributed by atoms with Crippen LogP contribution < -0.4 is 14.4 Å². The van der Waals surface area contributed by atoms with Crippen molar-refractivity contribution < 1.29 is 17.9 Å². The van der Waals surface area contributed by atoms with Gasteiger partial charge in [0, 0.05) is 18.3 Å². The van der Waals surface area contributed by atoms with E-state index in [2.05, 4.69) is 5.32 Å². The molecule has 0 aromatic heterocycles. The Morgan fingerprint density at radius 2 is 1.85 bits per heavy atom. The van der Waals surface area contributed by atoms with E-state index in [9.17, 15) is 13.2 Å². The number of carbonyl (C=O) groups excluding carboxylic acids is 1. The van der Waals surface area contributed by atoms with E-state index in [4.69, 9.17) is 4.74 Å². The van der Waals surface area contributed by atoms with Crippen molar-refractivity contribution in [1.29, 1.82) is 0 Å². The molecule has 1 aliphatic rings. The standard InChI is InChI=1S/C20H22N2O4S/c1-2-26-19-11-4-16(5-12-19)6-13-20(23)21-17-7-9-18(10-8-17)22-14-3-15-27(22,24)25/h4-13H,2-3,14-15H2,1H3,(H,21,23)/b13-6+. The van der Waals surface area contributed by atoms with Crippen molar-refractivity contribution in [3.8, 4) is 5.75 Å². The number of hydrogen-bond acceptors (Lipinski definition) is 4. The molecule has 27 heavy (non-hydrogen) atoms. The second-order valence-corrected chi connectivity index (χ2v) is 8.13. The number of hydrogen-bond donors (Lipinski definition) is 1. The molecule has 0 bridgehead atoms. The van der Waals surface area contributed by atoms with Crippen LogP contribution in [0.25, 0.3) is 6.08 Å². The molecule has 0 radical (unpaired) electrons. The molecule has 1 amide bonds. The maximum atomic E-state index is 12.1. The molecular formula is C20H22N2O4S. The van der Waals surface area contributed by atoms with Crippen molar-refractivity contribution in [2.45, 2.75) is 13.3 Å². The quantitative estimate of drug-likeness (QED) is 0.773. The van der Waals surface area contributed by atoms with Crippen molar-refractivity contribution in [3.63, 3.8) is 0 Å². The number of anilines is 2. The van der Waals surface area contributed by atoms with Crippen LogP contribution in [0.3, 0.4) is 0 Å². The van der Waals surface area contributed by atoms with Crippen LogP contribution in [0.15, 0.2) is 54.6 Å². The van der Waals surface area contributed by atoms with E-state index in [1.807, 2.05) is 31.2 Å². The van der Waals surface area contributed by atoms with Crippen molar-refractivity contribution in [2.75, 3.05) is 28.5 Å². The second kappa shape index (κ2) is 8.26. The van der Waals surface area contributed by atoms with Gasteiger partial charge in [0.25, 0.3) is 0 Å². The first-order chi connectivity index (χ1) is 13.0. The lowest BCUT2D eigenvalue weighted by atomic mass is 10.2. The molecule has 2 aromatic rings. The smallest absolute Gasteiger partial charge is 0.248 e. The normalized spacial score (nSPS) is 15.8. The van der Waals surface area contributed by atoms with Crippen molar-refractivity contribution >= 4 is 33.4 Å². The van der Waals surface area contributed by atoms with Crippen molar-refractivity contribution in [2.24, 2.45) is 0 Å². The fraction of sp³-hybridized carbons (Fsp3) is 0.250. The van der Waals surface area contributed by atoms with E-state index in [-0.39, 0.29) is 11.7 Å². The van der Waals surface area contributed by atoms with Gasteiger partial charge in [-0.3, -0.25) is 9.10 Å². The summed E-state index contributed by atoms with van der Waals surface area (Å²) in [5, 5.41) is 2.76. The second-order valence-electron chi connectivity index (χ2n) is 6.11. The Morgan fingerprint density at radius 3 is 2.44 bits per heavy atom. The lowest BCUT2D eigenvalue weighted by molar-refractivity contribution is -0.111. The third kappa shape index (κ3) is 4.89. The maximum Gasteiger partial charge on any atom is 0.248 e. The molecule has 2 aromatic carbocycles. The summed E-state index contributed by atoms with van der Waals surface area (Å²) in [7, 11) is -3.20. The summed E-state index contributed by atoms with van der Waals surface area (Å²) in [6.45, 7) is 3.04. The Morgan fingerprint density at radius 1 is 1.15 bits per heavy atom. The number of carbonyl (C=O) groups is 1. The van der Waals surface area contributed by atoms with Crippen LogP contribution >= 0.6 is 0 Å². The van der Waals surface area contributed by atoms with Crippen molar-refractivity contribution in [3.05, 3.63) is 60.2 Å². The molecule has 1 fully saturated rings. The maximum absolute atomic E-state index is 12.1. The number of sulfonamides is 1. The van der Waals surface area contributed by atoms with E-state index in [0.29, 0.717) is 30.9 Å². The van der Waals surface area contributed by atoms with Crippen LogP contribution in [-0.2, 0) is 14.8 Å². The Balaban J connectivity index is 1.59. The molecule has 1 heterocycles. The van der Waals surface area contributed by atoms with Crippen LogP contribution in [0.1, 0.15) is 18.9 Å². The molecular weight excluding hydrogens is 364 g/mol. The van der Waals surface area contributed by atoms with Gasteiger partial charge < -0.3 is 10.1 Å². The van der Waals surface area contributed by atoms with Crippen molar-refractivity contribution in [1.82, 2.24) is 0 Å². The summed E-state index contributed by atoms with van der Waals surface area (Å²) in [5.74, 6) is 0.714. The van der Waals surface area contributed by atoms with Gasteiger partial charge in [-0.1, -0.05) is 12.1 Å². The van der Waals surface area contributed by atoms with E-state index in [1.54, 1.807) is 30.3 Å². The SMILES string of the molecule is CCOc1ccc(/C=C/C(=O)Nc2ccc(N3CCCS3(=O)=O)cc2)cc1. The lowest BCUT2D eigenvalue weighted by Crippen LogP contribution is -2.24. The summed E-state index contributed by atoms with van der Waals surface area (Å²) in [6, 6.07) is 14.3. The number of nitrogens with zero attached hydrogens (tertiary/aromatic N) is 1. The fourth-order valence-electron chi connectivity index (χ4n) is 2.84. The highest BCUT2D eigenvalue weighted by Gasteiger charge is 2.28. The lowest BCUT2D eigenvalue weighted by Gasteiger charge is -2.17. The van der Waals surface area contributed by atoms with E-state index in [1.165, 1.54) is 10.4 Å². The molecule has 0 saturated carbocycles. The third-order valence-electron chi connectivity index (χ3n) is 4.14. The zero-order valence-electron chi connectivity index (χ0n) is 15.1. The number of nitrogens with one attached hydrogen (secondary N) is 1. The van der Waals surface area contributed by atoms with Gasteiger partial charge in [0.2, 0.25) is 15.9 Å². The molecule has 0 aliphatic carbocycles. The van der Waals surface area contributed by atoms with Crippen LogP contribution in [0.5, 0.6) is 5.75 Å². The van der Waals surface area contributed by atoms with E-state index >= 15 is 0 Å². The Labute approximate surface area is 159 Å². The Kier molecular flexibility index (Phi) is 5.81. The summed E-state index contributed by atoms with van der Waals surface area (Å²) < 4.78 is 30.7. The molecule has 0 unspecified atom stereocenters. The zero-order valence-corrected chi connectivity index (χ0v) is 15.9. The fourth-order valence-corrected chi connectivity index (χ4v) is 4.40. The highest BCUT2D eigenvalue weighted by Crippen LogP contribution is 2.25. The molecule has 1 N–H and O–H groups in total. The topological polar surface area (TPSA) is 75.7 Å². The summed E-state index contributed by atoms with van der Waals surface area (Å²) in [4.78, 5) is 12.1. The molecule has 1 saturated heterocycles. The largest absolute Gasteiger partial charge is 0.494 e. The van der Waals surface area contributed by atoms with Gasteiger partial charge >= 0.3 is 0 Å². The summed E-state index contributed by atoms with van der Waals surface area (Å²) >= 11 is 0. The first kappa shape index (κ1) is 19.0. The molecule has 142 valence electrons. The van der Waals surface area contributed by atoms with Gasteiger partial charge in [-0.15, -0.1) is 0 Å². The molecule has 0 spiro atoms. The minimum Gasteiger partial charge on any atom is -0.494 e. The van der Waals surface area contributed by atoms with Crippen LogP contribution in [0.4, 0.5) is 11.4 Å². The number of rotatable bonds is 6. The van der Waals surface area contributed by atoms with Crippen LogP contribution in [0.2, 0.25) is 0 Å². The average Bonchev–Trinajstić information content (AvgIpc) is 3.01. The minimum absolute atomic E-state index is 0.182. The molecule has 1 aliphatic heterocycles. The van der Waals surface area contributed by atoms with E-state index in [0.717, 1.165) is 11.3 Å². The zero-order chi connectivity index (χ0) is 19.3. The van der Waals surface area contributed by atoms with E-state index < -0.39 is 10.0 Å². The summed E-state index contributed by atoms with van der Waals surface area (Å²) in [5.41, 5.74) is 2.12. The summed E-state index contributed by atoms with van der Waals surface area (Å²) in [6.07, 6.45) is 3.81. The minimum atomic E-state index is -3.20. The monoisotopic (exact) mass is 386 g/mol. The average molecular weight is 386 g/mol. The number of ether oxygens (including phenoxy) is 1. The predicted molar refractivity (Wildman–Crippen MR) is 107 cm³/mol.